The Morgan fingerprint density at radius 3 is 2.34 bits per heavy atom. The Morgan fingerprint density at radius 2 is 1.79 bits per heavy atom. The first-order valence-corrected chi connectivity index (χ1v) is 10.4. The first kappa shape index (κ1) is 19.7. The maximum atomic E-state index is 13.2. The molecule has 1 aromatic carbocycles. The molecule has 0 aromatic heterocycles. The van der Waals surface area contributed by atoms with E-state index >= 15 is 0 Å². The average molecular weight is 392 g/mol. The van der Waals surface area contributed by atoms with Crippen molar-refractivity contribution in [3.05, 3.63) is 46.7 Å². The average Bonchev–Trinajstić information content (AvgIpc) is 2.65. The molecule has 5 rings (SSSR count). The third-order valence-corrected chi connectivity index (χ3v) is 7.28. The van der Waals surface area contributed by atoms with Crippen LogP contribution in [-0.4, -0.2) is 18.4 Å². The first-order chi connectivity index (χ1) is 13.8. The molecule has 4 fully saturated rings. The molecule has 2 unspecified atom stereocenters. The van der Waals surface area contributed by atoms with E-state index in [0.29, 0.717) is 11.8 Å². The van der Waals surface area contributed by atoms with Crippen LogP contribution in [0, 0.1) is 35.5 Å². The highest BCUT2D eigenvalue weighted by molar-refractivity contribution is 6.01. The fourth-order valence-corrected chi connectivity index (χ4v) is 6.47. The zero-order chi connectivity index (χ0) is 20.8. The number of aryl methyl sites for hydroxylation is 1. The molecule has 29 heavy (non-hydrogen) atoms. The predicted molar refractivity (Wildman–Crippen MR) is 108 cm³/mol. The summed E-state index contributed by atoms with van der Waals surface area (Å²) in [4.78, 5) is 25.4. The van der Waals surface area contributed by atoms with Crippen LogP contribution in [0.4, 0.5) is 0 Å². The van der Waals surface area contributed by atoms with Gasteiger partial charge in [0.2, 0.25) is 5.78 Å². The van der Waals surface area contributed by atoms with E-state index in [-0.39, 0.29) is 22.7 Å². The smallest absolute Gasteiger partial charge is 0.312 e. The van der Waals surface area contributed by atoms with E-state index in [0.717, 1.165) is 32.1 Å². The SMILES string of the molecule is C/C(N)=C(\C#N)C(=O)COC(=O)C12CC3CC(C1)CC(c1ccc(C)cc1)(C3)C2. The maximum absolute atomic E-state index is 13.2. The topological polar surface area (TPSA) is 93.2 Å². The third-order valence-electron chi connectivity index (χ3n) is 7.28. The number of hydrogen-bond donors (Lipinski definition) is 1. The van der Waals surface area contributed by atoms with Gasteiger partial charge in [0, 0.05) is 5.70 Å². The molecule has 2 N–H and O–H groups in total. The molecule has 0 heterocycles. The number of nitrogens with two attached hydrogens (primary N) is 1. The highest BCUT2D eigenvalue weighted by Gasteiger charge is 2.61. The van der Waals surface area contributed by atoms with E-state index in [2.05, 4.69) is 31.2 Å². The Balaban J connectivity index is 1.55. The van der Waals surface area contributed by atoms with Crippen LogP contribution in [0.3, 0.4) is 0 Å². The monoisotopic (exact) mass is 392 g/mol. The summed E-state index contributed by atoms with van der Waals surface area (Å²) < 4.78 is 5.49. The van der Waals surface area contributed by atoms with Gasteiger partial charge < -0.3 is 10.5 Å². The van der Waals surface area contributed by atoms with E-state index in [1.165, 1.54) is 24.5 Å². The Bertz CT molecular complexity index is 904. The Labute approximate surface area is 171 Å². The van der Waals surface area contributed by atoms with Crippen LogP contribution >= 0.6 is 0 Å². The number of esters is 1. The third kappa shape index (κ3) is 3.35. The van der Waals surface area contributed by atoms with Crippen LogP contribution in [0.2, 0.25) is 0 Å². The van der Waals surface area contributed by atoms with Crippen LogP contribution < -0.4 is 5.73 Å². The van der Waals surface area contributed by atoms with Gasteiger partial charge in [-0.05, 0) is 75.2 Å². The minimum atomic E-state index is -0.529. The summed E-state index contributed by atoms with van der Waals surface area (Å²) in [6, 6.07) is 10.6. The van der Waals surface area contributed by atoms with E-state index in [9.17, 15) is 9.59 Å². The fourth-order valence-electron chi connectivity index (χ4n) is 6.47. The highest BCUT2D eigenvalue weighted by atomic mass is 16.5. The molecular weight excluding hydrogens is 364 g/mol. The van der Waals surface area contributed by atoms with Gasteiger partial charge in [0.05, 0.1) is 5.41 Å². The lowest BCUT2D eigenvalue weighted by Gasteiger charge is -2.61. The van der Waals surface area contributed by atoms with Crippen molar-refractivity contribution < 1.29 is 14.3 Å². The van der Waals surface area contributed by atoms with Gasteiger partial charge in [0.15, 0.2) is 6.61 Å². The summed E-state index contributed by atoms with van der Waals surface area (Å²) in [5.74, 6) is 0.255. The quantitative estimate of drug-likeness (QED) is 0.468. The van der Waals surface area contributed by atoms with Crippen molar-refractivity contribution in [1.29, 1.82) is 5.26 Å². The lowest BCUT2D eigenvalue weighted by molar-refractivity contribution is -0.175. The number of hydrogen-bond acceptors (Lipinski definition) is 5. The highest BCUT2D eigenvalue weighted by Crippen LogP contribution is 2.66. The second kappa shape index (κ2) is 7.02. The van der Waals surface area contributed by atoms with Crippen LogP contribution in [0.15, 0.2) is 35.5 Å². The van der Waals surface area contributed by atoms with Gasteiger partial charge in [-0.3, -0.25) is 9.59 Å². The Kier molecular flexibility index (Phi) is 4.77. The zero-order valence-corrected chi connectivity index (χ0v) is 17.2. The van der Waals surface area contributed by atoms with Crippen molar-refractivity contribution in [3.63, 3.8) is 0 Å². The molecule has 1 aromatic rings. The number of carbonyl (C=O) groups is 2. The van der Waals surface area contributed by atoms with Crippen molar-refractivity contribution in [2.75, 3.05) is 6.61 Å². The van der Waals surface area contributed by atoms with Crippen LogP contribution in [0.25, 0.3) is 0 Å². The molecule has 152 valence electrons. The van der Waals surface area contributed by atoms with Gasteiger partial charge in [-0.15, -0.1) is 0 Å². The molecule has 4 saturated carbocycles. The van der Waals surface area contributed by atoms with Gasteiger partial charge in [-0.1, -0.05) is 29.8 Å². The molecule has 5 heteroatoms. The van der Waals surface area contributed by atoms with Gasteiger partial charge in [-0.2, -0.15) is 5.26 Å². The van der Waals surface area contributed by atoms with Crippen LogP contribution in [0.1, 0.15) is 56.6 Å². The van der Waals surface area contributed by atoms with Gasteiger partial charge >= 0.3 is 5.97 Å². The van der Waals surface area contributed by atoms with E-state index in [4.69, 9.17) is 15.7 Å². The minimum Gasteiger partial charge on any atom is -0.457 e. The van der Waals surface area contributed by atoms with Gasteiger partial charge in [0.1, 0.15) is 11.6 Å². The van der Waals surface area contributed by atoms with E-state index < -0.39 is 17.8 Å². The van der Waals surface area contributed by atoms with Crippen molar-refractivity contribution in [2.45, 2.75) is 57.8 Å². The molecule has 5 nitrogen and oxygen atoms in total. The van der Waals surface area contributed by atoms with Gasteiger partial charge in [0.25, 0.3) is 0 Å². The molecule has 0 spiro atoms. The molecule has 4 bridgehead atoms. The molecule has 2 atom stereocenters. The second-order valence-electron chi connectivity index (χ2n) is 9.56. The first-order valence-electron chi connectivity index (χ1n) is 10.4. The number of ketones is 1. The molecule has 4 aliphatic carbocycles. The number of allylic oxidation sites excluding steroid dienone is 1. The summed E-state index contributed by atoms with van der Waals surface area (Å²) in [6.07, 6.45) is 5.94. The molecule has 4 aliphatic rings. The maximum Gasteiger partial charge on any atom is 0.312 e. The molecule has 0 radical (unpaired) electrons. The van der Waals surface area contributed by atoms with Crippen LogP contribution in [0.5, 0.6) is 0 Å². The standard InChI is InChI=1S/C24H28N2O3/c1-15-3-5-19(6-4-15)23-8-17-7-18(9-23)11-24(10-17,14-23)22(28)29-13-21(27)20(12-25)16(2)26/h3-6,17-18H,7-11,13-14,26H2,1-2H3/b20-16-. The fraction of sp³-hybridized carbons (Fsp3) is 0.542. The molecule has 0 amide bonds. The van der Waals surface area contributed by atoms with E-state index in [1.54, 1.807) is 6.07 Å². The largest absolute Gasteiger partial charge is 0.457 e. The number of nitrogens with zero attached hydrogens (tertiary/aromatic N) is 1. The Hall–Kier alpha value is -2.61. The second-order valence-corrected chi connectivity index (χ2v) is 9.56. The van der Waals surface area contributed by atoms with Crippen molar-refractivity contribution >= 4 is 11.8 Å². The summed E-state index contributed by atoms with van der Waals surface area (Å²) in [7, 11) is 0. The number of Topliss-reactive ketones (excluding diaryl/α,β-unsaturated/α-hetero) is 1. The molecule has 0 aliphatic heterocycles. The summed E-state index contributed by atoms with van der Waals surface area (Å²) >= 11 is 0. The number of carbonyl (C=O) groups excluding carboxylic acids is 2. The summed E-state index contributed by atoms with van der Waals surface area (Å²) in [5, 5.41) is 9.09. The van der Waals surface area contributed by atoms with Crippen molar-refractivity contribution in [1.82, 2.24) is 0 Å². The van der Waals surface area contributed by atoms with Crippen molar-refractivity contribution in [3.8, 4) is 6.07 Å². The number of rotatable bonds is 5. The van der Waals surface area contributed by atoms with Crippen LogP contribution in [-0.2, 0) is 19.7 Å². The van der Waals surface area contributed by atoms with Gasteiger partial charge in [-0.25, -0.2) is 0 Å². The van der Waals surface area contributed by atoms with Crippen molar-refractivity contribution in [2.24, 2.45) is 23.0 Å². The zero-order valence-electron chi connectivity index (χ0n) is 17.2. The lowest BCUT2D eigenvalue weighted by Crippen LogP contribution is -2.57. The Morgan fingerprint density at radius 1 is 1.17 bits per heavy atom. The molecular formula is C24H28N2O3. The summed E-state index contributed by atoms with van der Waals surface area (Å²) in [5.41, 5.74) is 7.71. The normalized spacial score (nSPS) is 33.0. The molecule has 0 saturated heterocycles. The lowest BCUT2D eigenvalue weighted by atomic mass is 9.43. The predicted octanol–water partition coefficient (Wildman–Crippen LogP) is 3.70. The number of benzene rings is 1. The van der Waals surface area contributed by atoms with E-state index in [1.807, 2.05) is 0 Å². The number of nitriles is 1. The number of ether oxygens (including phenoxy) is 1. The summed E-state index contributed by atoms with van der Waals surface area (Å²) in [6.45, 7) is 3.18. The minimum absolute atomic E-state index is 0.0341.